The molecule has 0 unspecified atom stereocenters. The fourth-order valence-corrected chi connectivity index (χ4v) is 2.97. The Balaban J connectivity index is 1.72. The van der Waals surface area contributed by atoms with E-state index in [9.17, 15) is 14.9 Å². The maximum absolute atomic E-state index is 12.5. The first-order valence-electron chi connectivity index (χ1n) is 8.17. The number of nitriles is 1. The number of carbonyl (C=O) groups is 2. The van der Waals surface area contributed by atoms with Crippen molar-refractivity contribution in [3.8, 4) is 6.07 Å². The SMILES string of the molecule is N#CC1(NC(=O)c2cccc(NC(=O)c3cccnc3)c2)CCCC1. The molecule has 0 aliphatic heterocycles. The van der Waals surface area contributed by atoms with Crippen LogP contribution in [0.25, 0.3) is 0 Å². The van der Waals surface area contributed by atoms with Crippen LogP contribution in [0.3, 0.4) is 0 Å². The third kappa shape index (κ3) is 3.83. The number of pyridine rings is 1. The van der Waals surface area contributed by atoms with Crippen LogP contribution in [0.15, 0.2) is 48.8 Å². The van der Waals surface area contributed by atoms with E-state index in [0.717, 1.165) is 12.8 Å². The van der Waals surface area contributed by atoms with Gasteiger partial charge in [0.1, 0.15) is 5.54 Å². The molecule has 0 bridgehead atoms. The standard InChI is InChI=1S/C19H18N4O2/c20-13-19(8-1-2-9-19)23-18(25)14-5-3-7-16(11-14)22-17(24)15-6-4-10-21-12-15/h3-7,10-12H,1-2,8-9H2,(H,22,24)(H,23,25). The van der Waals surface area contributed by atoms with E-state index < -0.39 is 5.54 Å². The molecule has 0 atom stereocenters. The van der Waals surface area contributed by atoms with Crippen molar-refractivity contribution in [1.82, 2.24) is 10.3 Å². The van der Waals surface area contributed by atoms with E-state index in [4.69, 9.17) is 0 Å². The van der Waals surface area contributed by atoms with Crippen LogP contribution in [0.4, 0.5) is 5.69 Å². The Kier molecular flexibility index (Phi) is 4.75. The molecule has 2 aromatic rings. The van der Waals surface area contributed by atoms with Crippen LogP contribution in [-0.4, -0.2) is 22.3 Å². The summed E-state index contributed by atoms with van der Waals surface area (Å²) in [5, 5.41) is 15.0. The number of anilines is 1. The van der Waals surface area contributed by atoms with Crippen LogP contribution in [0.1, 0.15) is 46.4 Å². The zero-order valence-electron chi connectivity index (χ0n) is 13.7. The summed E-state index contributed by atoms with van der Waals surface area (Å²) in [7, 11) is 0. The van der Waals surface area contributed by atoms with Crippen LogP contribution in [0.5, 0.6) is 0 Å². The van der Waals surface area contributed by atoms with Crippen molar-refractivity contribution in [3.63, 3.8) is 0 Å². The van der Waals surface area contributed by atoms with E-state index in [2.05, 4.69) is 21.7 Å². The summed E-state index contributed by atoms with van der Waals surface area (Å²) in [5.41, 5.74) is 0.586. The van der Waals surface area contributed by atoms with E-state index in [1.807, 2.05) is 0 Å². The van der Waals surface area contributed by atoms with E-state index >= 15 is 0 Å². The number of aromatic nitrogens is 1. The van der Waals surface area contributed by atoms with Gasteiger partial charge in [-0.3, -0.25) is 14.6 Å². The molecular formula is C19H18N4O2. The van der Waals surface area contributed by atoms with E-state index in [-0.39, 0.29) is 11.8 Å². The maximum atomic E-state index is 12.5. The molecule has 6 heteroatoms. The fourth-order valence-electron chi connectivity index (χ4n) is 2.97. The quantitative estimate of drug-likeness (QED) is 0.899. The summed E-state index contributed by atoms with van der Waals surface area (Å²) in [6.07, 6.45) is 6.29. The highest BCUT2D eigenvalue weighted by atomic mass is 16.2. The molecule has 1 aliphatic carbocycles. The van der Waals surface area contributed by atoms with Crippen LogP contribution >= 0.6 is 0 Å². The van der Waals surface area contributed by atoms with Gasteiger partial charge in [-0.25, -0.2) is 0 Å². The van der Waals surface area contributed by atoms with Gasteiger partial charge >= 0.3 is 0 Å². The molecule has 126 valence electrons. The molecule has 1 aliphatic rings. The molecule has 0 spiro atoms. The van der Waals surface area contributed by atoms with Crippen LogP contribution in [-0.2, 0) is 0 Å². The van der Waals surface area contributed by atoms with Crippen LogP contribution in [0, 0.1) is 11.3 Å². The van der Waals surface area contributed by atoms with E-state index in [1.165, 1.54) is 6.20 Å². The third-order valence-electron chi connectivity index (χ3n) is 4.33. The van der Waals surface area contributed by atoms with Gasteiger partial charge < -0.3 is 10.6 Å². The van der Waals surface area contributed by atoms with Gasteiger partial charge in [0.2, 0.25) is 0 Å². The van der Waals surface area contributed by atoms with Gasteiger partial charge in [0.05, 0.1) is 11.6 Å². The van der Waals surface area contributed by atoms with Crippen molar-refractivity contribution in [2.24, 2.45) is 0 Å². The van der Waals surface area contributed by atoms with Crippen LogP contribution in [0.2, 0.25) is 0 Å². The first kappa shape index (κ1) is 16.7. The van der Waals surface area contributed by atoms with Gasteiger partial charge in [-0.15, -0.1) is 0 Å². The molecule has 1 aromatic heterocycles. The van der Waals surface area contributed by atoms with Crippen molar-refractivity contribution in [2.75, 3.05) is 5.32 Å². The van der Waals surface area contributed by atoms with Gasteiger partial charge in [0, 0.05) is 23.6 Å². The molecule has 2 N–H and O–H groups in total. The lowest BCUT2D eigenvalue weighted by molar-refractivity contribution is 0.0919. The summed E-state index contributed by atoms with van der Waals surface area (Å²) in [5.74, 6) is -0.601. The van der Waals surface area contributed by atoms with Gasteiger partial charge in [-0.2, -0.15) is 5.26 Å². The monoisotopic (exact) mass is 334 g/mol. The lowest BCUT2D eigenvalue weighted by atomic mass is 9.99. The minimum Gasteiger partial charge on any atom is -0.334 e. The topological polar surface area (TPSA) is 94.9 Å². The zero-order chi connectivity index (χ0) is 17.7. The van der Waals surface area contributed by atoms with Crippen molar-refractivity contribution in [3.05, 3.63) is 59.9 Å². The number of nitrogens with one attached hydrogen (secondary N) is 2. The zero-order valence-corrected chi connectivity index (χ0v) is 13.7. The average Bonchev–Trinajstić information content (AvgIpc) is 3.11. The number of hydrogen-bond donors (Lipinski definition) is 2. The Morgan fingerprint density at radius 2 is 1.84 bits per heavy atom. The lowest BCUT2D eigenvalue weighted by Crippen LogP contribution is -2.45. The Morgan fingerprint density at radius 1 is 1.08 bits per heavy atom. The van der Waals surface area contributed by atoms with Gasteiger partial charge in [-0.05, 0) is 56.0 Å². The van der Waals surface area contributed by atoms with Crippen molar-refractivity contribution >= 4 is 17.5 Å². The third-order valence-corrected chi connectivity index (χ3v) is 4.33. The largest absolute Gasteiger partial charge is 0.334 e. The van der Waals surface area contributed by atoms with E-state index in [1.54, 1.807) is 42.6 Å². The number of amides is 2. The molecule has 1 heterocycles. The Bertz CT molecular complexity index is 821. The molecule has 1 aromatic carbocycles. The van der Waals surface area contributed by atoms with Gasteiger partial charge in [0.15, 0.2) is 0 Å². The number of nitrogens with zero attached hydrogens (tertiary/aromatic N) is 2. The number of hydrogen-bond acceptors (Lipinski definition) is 4. The normalized spacial score (nSPS) is 15.2. The highest BCUT2D eigenvalue weighted by Gasteiger charge is 2.35. The Hall–Kier alpha value is -3.20. The average molecular weight is 334 g/mol. The maximum Gasteiger partial charge on any atom is 0.257 e. The molecule has 25 heavy (non-hydrogen) atoms. The highest BCUT2D eigenvalue weighted by Crippen LogP contribution is 2.29. The second-order valence-electron chi connectivity index (χ2n) is 6.13. The summed E-state index contributed by atoms with van der Waals surface area (Å²) >= 11 is 0. The Labute approximate surface area is 145 Å². The van der Waals surface area contributed by atoms with Crippen molar-refractivity contribution in [2.45, 2.75) is 31.2 Å². The van der Waals surface area contributed by atoms with Gasteiger partial charge in [-0.1, -0.05) is 6.07 Å². The number of benzene rings is 1. The predicted molar refractivity (Wildman–Crippen MR) is 92.9 cm³/mol. The summed E-state index contributed by atoms with van der Waals surface area (Å²) < 4.78 is 0. The summed E-state index contributed by atoms with van der Waals surface area (Å²) in [6, 6.07) is 12.2. The number of rotatable bonds is 4. The number of carbonyl (C=O) groups excluding carboxylic acids is 2. The minimum absolute atomic E-state index is 0.296. The van der Waals surface area contributed by atoms with Crippen LogP contribution < -0.4 is 10.6 Å². The summed E-state index contributed by atoms with van der Waals surface area (Å²) in [6.45, 7) is 0. The first-order chi connectivity index (χ1) is 12.1. The lowest BCUT2D eigenvalue weighted by Gasteiger charge is -2.22. The smallest absolute Gasteiger partial charge is 0.257 e. The van der Waals surface area contributed by atoms with E-state index in [0.29, 0.717) is 29.7 Å². The molecule has 6 nitrogen and oxygen atoms in total. The molecular weight excluding hydrogens is 316 g/mol. The van der Waals surface area contributed by atoms with Crippen molar-refractivity contribution < 1.29 is 9.59 Å². The molecule has 3 rings (SSSR count). The molecule has 0 saturated heterocycles. The molecule has 1 fully saturated rings. The Morgan fingerprint density at radius 3 is 2.52 bits per heavy atom. The second-order valence-corrected chi connectivity index (χ2v) is 6.13. The van der Waals surface area contributed by atoms with Gasteiger partial charge in [0.25, 0.3) is 11.8 Å². The summed E-state index contributed by atoms with van der Waals surface area (Å²) in [4.78, 5) is 28.6. The molecule has 0 radical (unpaired) electrons. The fraction of sp³-hybridized carbons (Fsp3) is 0.263. The van der Waals surface area contributed by atoms with Crippen molar-refractivity contribution in [1.29, 1.82) is 5.26 Å². The molecule has 2 amide bonds. The first-order valence-corrected chi connectivity index (χ1v) is 8.17. The minimum atomic E-state index is -0.772. The second kappa shape index (κ2) is 7.14. The predicted octanol–water partition coefficient (Wildman–Crippen LogP) is 2.90. The molecule has 1 saturated carbocycles. The highest BCUT2D eigenvalue weighted by molar-refractivity contribution is 6.05.